The zero-order valence-corrected chi connectivity index (χ0v) is 22.2. The molecule has 5 aromatic rings. The Kier molecular flexibility index (Phi) is 5.79. The number of para-hydroxylation sites is 1. The van der Waals surface area contributed by atoms with Crippen LogP contribution in [-0.4, -0.2) is 21.9 Å². The van der Waals surface area contributed by atoms with E-state index in [0.717, 1.165) is 48.7 Å². The van der Waals surface area contributed by atoms with Crippen molar-refractivity contribution in [2.24, 2.45) is 0 Å². The van der Waals surface area contributed by atoms with Crippen molar-refractivity contribution in [3.63, 3.8) is 0 Å². The molecule has 1 atom stereocenters. The zero-order valence-electron chi connectivity index (χ0n) is 21.4. The summed E-state index contributed by atoms with van der Waals surface area (Å²) in [6, 6.07) is 29.7. The Balaban J connectivity index is 1.20. The molecule has 0 unspecified atom stereocenters. The largest absolute Gasteiger partial charge is 0.353 e. The molecule has 0 aliphatic carbocycles. The molecule has 5 nitrogen and oxygen atoms in total. The molecule has 2 N–H and O–H groups in total. The molecule has 0 saturated carbocycles. The lowest BCUT2D eigenvalue weighted by molar-refractivity contribution is 0.0934. The van der Waals surface area contributed by atoms with E-state index in [1.165, 1.54) is 38.2 Å². The van der Waals surface area contributed by atoms with E-state index < -0.39 is 0 Å². The number of carbonyl (C=O) groups is 1. The van der Waals surface area contributed by atoms with Crippen molar-refractivity contribution < 1.29 is 4.79 Å². The number of aromatic nitrogens is 1. The Labute approximate surface area is 226 Å². The Hall–Kier alpha value is -3.87. The Morgan fingerprint density at radius 1 is 0.868 bits per heavy atom. The number of amides is 1. The fraction of sp³-hybridized carbons (Fsp3) is 0.219. The van der Waals surface area contributed by atoms with Gasteiger partial charge in [-0.2, -0.15) is 0 Å². The number of nitrogens with one attached hydrogen (secondary N) is 2. The molecule has 7 rings (SSSR count). The molecule has 2 aliphatic heterocycles. The molecule has 6 heteroatoms. The zero-order chi connectivity index (χ0) is 25.6. The topological polar surface area (TPSA) is 49.3 Å². The van der Waals surface area contributed by atoms with Gasteiger partial charge in [-0.25, -0.2) is 0 Å². The maximum absolute atomic E-state index is 13.6. The van der Waals surface area contributed by atoms with Crippen LogP contribution in [0.15, 0.2) is 84.9 Å². The summed E-state index contributed by atoms with van der Waals surface area (Å²) >= 11 is 1.75. The van der Waals surface area contributed by atoms with Crippen LogP contribution in [0.2, 0.25) is 0 Å². The van der Waals surface area contributed by atoms with Gasteiger partial charge in [-0.3, -0.25) is 9.69 Å². The van der Waals surface area contributed by atoms with Gasteiger partial charge >= 0.3 is 0 Å². The predicted molar refractivity (Wildman–Crippen MR) is 155 cm³/mol. The average Bonchev–Trinajstić information content (AvgIpc) is 3.44. The number of hydrogen-bond donors (Lipinski definition) is 2. The van der Waals surface area contributed by atoms with E-state index in [9.17, 15) is 4.79 Å². The third kappa shape index (κ3) is 4.01. The van der Waals surface area contributed by atoms with Gasteiger partial charge < -0.3 is 15.2 Å². The van der Waals surface area contributed by atoms with Gasteiger partial charge in [-0.1, -0.05) is 78.9 Å². The summed E-state index contributed by atoms with van der Waals surface area (Å²) in [5, 5.41) is 9.23. The van der Waals surface area contributed by atoms with Gasteiger partial charge in [-0.15, -0.1) is 11.3 Å². The van der Waals surface area contributed by atoms with Gasteiger partial charge in [0.15, 0.2) is 0 Å². The molecule has 2 aliphatic rings. The smallest absolute Gasteiger partial charge is 0.256 e. The molecule has 0 saturated heterocycles. The SMILES string of the molecule is Cc1c([C@@H]2NC(=O)c3c(sc4c3CCN(Cc3ccccc3)C4)N2)c2ccccc2n1Cc1ccccc1. The predicted octanol–water partition coefficient (Wildman–Crippen LogP) is 6.47. The maximum atomic E-state index is 13.6. The summed E-state index contributed by atoms with van der Waals surface area (Å²) in [6.45, 7) is 5.75. The fourth-order valence-electron chi connectivity index (χ4n) is 6.08. The highest BCUT2D eigenvalue weighted by molar-refractivity contribution is 7.16. The van der Waals surface area contributed by atoms with Crippen molar-refractivity contribution in [1.82, 2.24) is 14.8 Å². The molecule has 3 aromatic carbocycles. The molecule has 0 radical (unpaired) electrons. The van der Waals surface area contributed by atoms with Crippen LogP contribution >= 0.6 is 11.3 Å². The minimum atomic E-state index is -0.266. The number of carbonyl (C=O) groups excluding carboxylic acids is 1. The second-order valence-electron chi connectivity index (χ2n) is 10.3. The molecule has 4 heterocycles. The lowest BCUT2D eigenvalue weighted by Gasteiger charge is -2.29. The number of nitrogens with zero attached hydrogens (tertiary/aromatic N) is 2. The van der Waals surface area contributed by atoms with Gasteiger partial charge in [0.25, 0.3) is 5.91 Å². The number of fused-ring (bicyclic) bond motifs is 4. The first-order chi connectivity index (χ1) is 18.7. The Bertz CT molecular complexity index is 1640. The first kappa shape index (κ1) is 23.3. The maximum Gasteiger partial charge on any atom is 0.256 e. The first-order valence-corrected chi connectivity index (χ1v) is 14.1. The summed E-state index contributed by atoms with van der Waals surface area (Å²) in [5.74, 6) is 0.0389. The van der Waals surface area contributed by atoms with Crippen LogP contribution < -0.4 is 10.6 Å². The minimum absolute atomic E-state index is 0.0389. The highest BCUT2D eigenvalue weighted by Gasteiger charge is 2.35. The molecule has 1 amide bonds. The van der Waals surface area contributed by atoms with Gasteiger partial charge in [0.1, 0.15) is 11.2 Å². The third-order valence-electron chi connectivity index (χ3n) is 7.91. The van der Waals surface area contributed by atoms with Crippen molar-refractivity contribution in [3.8, 4) is 0 Å². The van der Waals surface area contributed by atoms with Crippen molar-refractivity contribution in [3.05, 3.63) is 123 Å². The van der Waals surface area contributed by atoms with Crippen molar-refractivity contribution in [2.45, 2.75) is 39.1 Å². The monoisotopic (exact) mass is 518 g/mol. The van der Waals surface area contributed by atoms with Crippen molar-refractivity contribution in [2.75, 3.05) is 11.9 Å². The summed E-state index contributed by atoms with van der Waals surface area (Å²) in [6.07, 6.45) is 0.640. The standard InChI is InChI=1S/C32H30N4OS/c1-21-28(24-14-8-9-15-26(24)36(21)19-23-12-6-3-7-13-23)30-33-31(37)29-25-16-17-35(18-22-10-4-2-5-11-22)20-27(25)38-32(29)34-30/h2-15,30,34H,16-20H2,1H3,(H,33,37)/t30-/m1/s1. The van der Waals surface area contributed by atoms with Crippen molar-refractivity contribution in [1.29, 1.82) is 0 Å². The van der Waals surface area contributed by atoms with E-state index in [0.29, 0.717) is 0 Å². The minimum Gasteiger partial charge on any atom is -0.353 e. The number of anilines is 1. The third-order valence-corrected chi connectivity index (χ3v) is 9.06. The Morgan fingerprint density at radius 3 is 2.32 bits per heavy atom. The number of benzene rings is 3. The van der Waals surface area contributed by atoms with Crippen LogP contribution in [0.3, 0.4) is 0 Å². The number of thiophene rings is 1. The molecular formula is C32H30N4OS. The molecule has 0 bridgehead atoms. The van der Waals surface area contributed by atoms with E-state index in [4.69, 9.17) is 0 Å². The average molecular weight is 519 g/mol. The van der Waals surface area contributed by atoms with E-state index in [1.54, 1.807) is 11.3 Å². The van der Waals surface area contributed by atoms with E-state index in [1.807, 2.05) is 0 Å². The summed E-state index contributed by atoms with van der Waals surface area (Å²) in [5.41, 5.74) is 8.17. The summed E-state index contributed by atoms with van der Waals surface area (Å²) in [4.78, 5) is 17.3. The van der Waals surface area contributed by atoms with E-state index >= 15 is 0 Å². The second-order valence-corrected chi connectivity index (χ2v) is 11.4. The highest BCUT2D eigenvalue weighted by Crippen LogP contribution is 2.42. The van der Waals surface area contributed by atoms with Gasteiger partial charge in [0.05, 0.1) is 5.56 Å². The number of rotatable bonds is 5. The molecule has 0 spiro atoms. The van der Waals surface area contributed by atoms with E-state index in [-0.39, 0.29) is 12.1 Å². The van der Waals surface area contributed by atoms with Crippen LogP contribution in [0, 0.1) is 6.92 Å². The molecule has 190 valence electrons. The van der Waals surface area contributed by atoms with Gasteiger partial charge in [0, 0.05) is 53.2 Å². The van der Waals surface area contributed by atoms with Crippen molar-refractivity contribution >= 4 is 33.1 Å². The van der Waals surface area contributed by atoms with Gasteiger partial charge in [-0.05, 0) is 36.1 Å². The quantitative estimate of drug-likeness (QED) is 0.280. The molecule has 38 heavy (non-hydrogen) atoms. The molecule has 2 aromatic heterocycles. The van der Waals surface area contributed by atoms with Crippen LogP contribution in [0.5, 0.6) is 0 Å². The second kappa shape index (κ2) is 9.46. The van der Waals surface area contributed by atoms with Crippen LogP contribution in [0.1, 0.15) is 49.3 Å². The van der Waals surface area contributed by atoms with Crippen LogP contribution in [-0.2, 0) is 26.1 Å². The lowest BCUT2D eigenvalue weighted by Crippen LogP contribution is -2.39. The number of hydrogen-bond acceptors (Lipinski definition) is 4. The first-order valence-electron chi connectivity index (χ1n) is 13.3. The highest BCUT2D eigenvalue weighted by atomic mass is 32.1. The van der Waals surface area contributed by atoms with E-state index in [2.05, 4.69) is 112 Å². The summed E-state index contributed by atoms with van der Waals surface area (Å²) in [7, 11) is 0. The molecular weight excluding hydrogens is 488 g/mol. The summed E-state index contributed by atoms with van der Waals surface area (Å²) < 4.78 is 2.37. The van der Waals surface area contributed by atoms with Gasteiger partial charge in [0.2, 0.25) is 0 Å². The Morgan fingerprint density at radius 2 is 1.55 bits per heavy atom. The van der Waals surface area contributed by atoms with Crippen LogP contribution in [0.25, 0.3) is 10.9 Å². The normalized spacial score (nSPS) is 17.1. The lowest BCUT2D eigenvalue weighted by atomic mass is 9.99. The molecule has 0 fully saturated rings. The fourth-order valence-corrected chi connectivity index (χ4v) is 7.40. The van der Waals surface area contributed by atoms with Crippen LogP contribution in [0.4, 0.5) is 5.00 Å².